The molecule has 2 rings (SSSR count). The molecule has 0 aromatic carbocycles. The van der Waals surface area contributed by atoms with Crippen molar-refractivity contribution >= 4 is 5.82 Å². The number of nitrogens with zero attached hydrogens (tertiary/aromatic N) is 2. The third-order valence-corrected chi connectivity index (χ3v) is 2.03. The lowest BCUT2D eigenvalue weighted by atomic mass is 9.95. The summed E-state index contributed by atoms with van der Waals surface area (Å²) >= 11 is 0. The van der Waals surface area contributed by atoms with Gasteiger partial charge in [0, 0.05) is 19.3 Å². The van der Waals surface area contributed by atoms with Crippen LogP contribution in [0.1, 0.15) is 6.92 Å². The third-order valence-electron chi connectivity index (χ3n) is 2.03. The SMILES string of the molecule is CC1(Nc2cccnn2)CNC1. The molecule has 0 radical (unpaired) electrons. The van der Waals surface area contributed by atoms with Crippen LogP contribution in [0.4, 0.5) is 5.82 Å². The first-order valence-electron chi connectivity index (χ1n) is 4.05. The molecular formula is C8H12N4. The second-order valence-electron chi connectivity index (χ2n) is 3.40. The Bertz CT molecular complexity index is 255. The first-order chi connectivity index (χ1) is 5.79. The quantitative estimate of drug-likeness (QED) is 0.658. The van der Waals surface area contributed by atoms with Gasteiger partial charge in [-0.15, -0.1) is 5.10 Å². The fraction of sp³-hybridized carbons (Fsp3) is 0.500. The van der Waals surface area contributed by atoms with Gasteiger partial charge in [-0.3, -0.25) is 0 Å². The lowest BCUT2D eigenvalue weighted by molar-refractivity contribution is 0.337. The summed E-state index contributed by atoms with van der Waals surface area (Å²) in [6.07, 6.45) is 1.67. The van der Waals surface area contributed by atoms with Gasteiger partial charge < -0.3 is 10.6 Å². The van der Waals surface area contributed by atoms with Crippen molar-refractivity contribution in [3.63, 3.8) is 0 Å². The van der Waals surface area contributed by atoms with E-state index in [1.807, 2.05) is 12.1 Å². The van der Waals surface area contributed by atoms with Gasteiger partial charge >= 0.3 is 0 Å². The minimum Gasteiger partial charge on any atom is -0.361 e. The Balaban J connectivity index is 2.04. The molecule has 4 heteroatoms. The van der Waals surface area contributed by atoms with Gasteiger partial charge in [0.05, 0.1) is 5.54 Å². The molecule has 0 aliphatic carbocycles. The molecule has 0 unspecified atom stereocenters. The average Bonchev–Trinajstić information content (AvgIpc) is 2.04. The highest BCUT2D eigenvalue weighted by atomic mass is 15.2. The molecule has 0 spiro atoms. The number of nitrogens with one attached hydrogen (secondary N) is 2. The van der Waals surface area contributed by atoms with E-state index >= 15 is 0 Å². The Labute approximate surface area is 71.4 Å². The summed E-state index contributed by atoms with van der Waals surface area (Å²) in [7, 11) is 0. The molecule has 2 N–H and O–H groups in total. The van der Waals surface area contributed by atoms with Crippen molar-refractivity contribution in [1.29, 1.82) is 0 Å². The molecule has 1 aliphatic rings. The predicted molar refractivity (Wildman–Crippen MR) is 46.9 cm³/mol. The number of anilines is 1. The molecule has 1 aliphatic heterocycles. The molecule has 12 heavy (non-hydrogen) atoms. The predicted octanol–water partition coefficient (Wildman–Crippen LogP) is 0.250. The van der Waals surface area contributed by atoms with Crippen LogP contribution < -0.4 is 10.6 Å². The van der Waals surface area contributed by atoms with Gasteiger partial charge in [0.2, 0.25) is 0 Å². The maximum Gasteiger partial charge on any atom is 0.149 e. The average molecular weight is 164 g/mol. The molecule has 0 saturated carbocycles. The highest BCUT2D eigenvalue weighted by Crippen LogP contribution is 2.15. The van der Waals surface area contributed by atoms with E-state index in [2.05, 4.69) is 27.8 Å². The van der Waals surface area contributed by atoms with Gasteiger partial charge in [-0.1, -0.05) is 0 Å². The van der Waals surface area contributed by atoms with E-state index in [9.17, 15) is 0 Å². The standard InChI is InChI=1S/C8H12N4/c1-8(5-9-6-8)11-7-3-2-4-10-12-7/h2-4,9H,5-6H2,1H3,(H,11,12). The minimum absolute atomic E-state index is 0.163. The van der Waals surface area contributed by atoms with Crippen LogP contribution in [0.5, 0.6) is 0 Å². The first-order valence-corrected chi connectivity index (χ1v) is 4.05. The van der Waals surface area contributed by atoms with Crippen molar-refractivity contribution in [1.82, 2.24) is 15.5 Å². The molecule has 0 bridgehead atoms. The number of hydrogen-bond donors (Lipinski definition) is 2. The molecule has 1 fully saturated rings. The lowest BCUT2D eigenvalue weighted by Gasteiger charge is -2.40. The second kappa shape index (κ2) is 2.71. The smallest absolute Gasteiger partial charge is 0.149 e. The fourth-order valence-electron chi connectivity index (χ4n) is 1.27. The topological polar surface area (TPSA) is 49.8 Å². The molecule has 1 aromatic rings. The summed E-state index contributed by atoms with van der Waals surface area (Å²) in [5, 5.41) is 14.3. The number of rotatable bonds is 2. The van der Waals surface area contributed by atoms with Crippen LogP contribution in [0.3, 0.4) is 0 Å². The van der Waals surface area contributed by atoms with E-state index in [1.54, 1.807) is 6.20 Å². The van der Waals surface area contributed by atoms with E-state index in [1.165, 1.54) is 0 Å². The summed E-state index contributed by atoms with van der Waals surface area (Å²) in [5.74, 6) is 0.849. The Hall–Kier alpha value is -1.16. The Kier molecular flexibility index (Phi) is 1.69. The molecule has 0 amide bonds. The Morgan fingerprint density at radius 2 is 2.42 bits per heavy atom. The third kappa shape index (κ3) is 1.38. The fourth-order valence-corrected chi connectivity index (χ4v) is 1.27. The zero-order valence-corrected chi connectivity index (χ0v) is 7.04. The van der Waals surface area contributed by atoms with Crippen molar-refractivity contribution in [3.05, 3.63) is 18.3 Å². The summed E-state index contributed by atoms with van der Waals surface area (Å²) in [6, 6.07) is 3.81. The normalized spacial score (nSPS) is 19.8. The van der Waals surface area contributed by atoms with Crippen molar-refractivity contribution in [3.8, 4) is 0 Å². The maximum atomic E-state index is 3.96. The monoisotopic (exact) mass is 164 g/mol. The van der Waals surface area contributed by atoms with Crippen LogP contribution in [0.15, 0.2) is 18.3 Å². The summed E-state index contributed by atoms with van der Waals surface area (Å²) in [6.45, 7) is 4.14. The molecular weight excluding hydrogens is 152 g/mol. The van der Waals surface area contributed by atoms with Crippen LogP contribution in [-0.4, -0.2) is 28.8 Å². The minimum atomic E-state index is 0.163. The summed E-state index contributed by atoms with van der Waals surface area (Å²) < 4.78 is 0. The van der Waals surface area contributed by atoms with Crippen LogP contribution >= 0.6 is 0 Å². The van der Waals surface area contributed by atoms with Gasteiger partial charge in [-0.25, -0.2) is 0 Å². The molecule has 64 valence electrons. The molecule has 4 nitrogen and oxygen atoms in total. The van der Waals surface area contributed by atoms with Gasteiger partial charge in [0.15, 0.2) is 0 Å². The lowest BCUT2D eigenvalue weighted by Crippen LogP contribution is -2.62. The largest absolute Gasteiger partial charge is 0.361 e. The molecule has 2 heterocycles. The van der Waals surface area contributed by atoms with E-state index in [0.29, 0.717) is 0 Å². The number of aromatic nitrogens is 2. The number of hydrogen-bond acceptors (Lipinski definition) is 4. The van der Waals surface area contributed by atoms with E-state index in [4.69, 9.17) is 0 Å². The summed E-state index contributed by atoms with van der Waals surface area (Å²) in [5.41, 5.74) is 0.163. The van der Waals surface area contributed by atoms with Crippen molar-refractivity contribution in [2.24, 2.45) is 0 Å². The van der Waals surface area contributed by atoms with Crippen LogP contribution in [0.25, 0.3) is 0 Å². The van der Waals surface area contributed by atoms with Crippen molar-refractivity contribution in [2.75, 3.05) is 18.4 Å². The second-order valence-corrected chi connectivity index (χ2v) is 3.40. The van der Waals surface area contributed by atoms with E-state index < -0.39 is 0 Å². The van der Waals surface area contributed by atoms with E-state index in [0.717, 1.165) is 18.9 Å². The maximum absolute atomic E-state index is 3.96. The van der Waals surface area contributed by atoms with Gasteiger partial charge in [-0.05, 0) is 19.1 Å². The van der Waals surface area contributed by atoms with Crippen molar-refractivity contribution in [2.45, 2.75) is 12.5 Å². The Morgan fingerprint density at radius 3 is 2.92 bits per heavy atom. The van der Waals surface area contributed by atoms with Gasteiger partial charge in [0.25, 0.3) is 0 Å². The highest BCUT2D eigenvalue weighted by Gasteiger charge is 2.31. The summed E-state index contributed by atoms with van der Waals surface area (Å²) in [4.78, 5) is 0. The van der Waals surface area contributed by atoms with Crippen LogP contribution in [0, 0.1) is 0 Å². The molecule has 1 aromatic heterocycles. The molecule has 1 saturated heterocycles. The van der Waals surface area contributed by atoms with Crippen LogP contribution in [0.2, 0.25) is 0 Å². The molecule has 0 atom stereocenters. The van der Waals surface area contributed by atoms with E-state index in [-0.39, 0.29) is 5.54 Å². The highest BCUT2D eigenvalue weighted by molar-refractivity contribution is 5.37. The first kappa shape index (κ1) is 7.49. The zero-order chi connectivity index (χ0) is 8.44. The zero-order valence-electron chi connectivity index (χ0n) is 7.04. The van der Waals surface area contributed by atoms with Crippen LogP contribution in [-0.2, 0) is 0 Å². The van der Waals surface area contributed by atoms with Crippen molar-refractivity contribution < 1.29 is 0 Å². The van der Waals surface area contributed by atoms with Gasteiger partial charge in [0.1, 0.15) is 5.82 Å². The Morgan fingerprint density at radius 1 is 1.58 bits per heavy atom. The van der Waals surface area contributed by atoms with Gasteiger partial charge in [-0.2, -0.15) is 5.10 Å².